The second kappa shape index (κ2) is 7.10. The molecule has 108 valence electrons. The average Bonchev–Trinajstić information content (AvgIpc) is 2.35. The third-order valence-electron chi connectivity index (χ3n) is 2.86. The van der Waals surface area contributed by atoms with E-state index in [1.807, 2.05) is 6.92 Å². The van der Waals surface area contributed by atoms with Gasteiger partial charge in [-0.1, -0.05) is 25.4 Å². The van der Waals surface area contributed by atoms with Gasteiger partial charge in [-0.05, 0) is 25.5 Å². The monoisotopic (exact) mass is 294 g/mol. The largest absolute Gasteiger partial charge is 0.417 e. The number of nitrogens with one attached hydrogen (secondary N) is 1. The molecule has 0 bridgehead atoms. The lowest BCUT2D eigenvalue weighted by Crippen LogP contribution is -2.31. The maximum absolute atomic E-state index is 12.5. The molecule has 0 aromatic carbocycles. The summed E-state index contributed by atoms with van der Waals surface area (Å²) in [5, 5.41) is 3.39. The molecule has 1 N–H and O–H groups in total. The number of rotatable bonds is 6. The minimum absolute atomic E-state index is 0.0755. The highest BCUT2D eigenvalue weighted by molar-refractivity contribution is 6.31. The minimum Gasteiger partial charge on any atom is -0.314 e. The summed E-state index contributed by atoms with van der Waals surface area (Å²) < 4.78 is 37.5. The highest BCUT2D eigenvalue weighted by Crippen LogP contribution is 2.31. The molecule has 0 saturated carbocycles. The van der Waals surface area contributed by atoms with Crippen LogP contribution in [0, 0.1) is 0 Å². The molecule has 1 aromatic rings. The van der Waals surface area contributed by atoms with Crippen LogP contribution in [0.5, 0.6) is 0 Å². The predicted octanol–water partition coefficient (Wildman–Crippen LogP) is 4.07. The number of alkyl halides is 3. The summed E-state index contributed by atoms with van der Waals surface area (Å²) in [6.07, 6.45) is -1.15. The number of hydrogen-bond acceptors (Lipinski definition) is 2. The Morgan fingerprint density at radius 1 is 1.37 bits per heavy atom. The van der Waals surface area contributed by atoms with Crippen molar-refractivity contribution in [3.8, 4) is 0 Å². The van der Waals surface area contributed by atoms with Crippen LogP contribution in [0.25, 0.3) is 0 Å². The molecule has 1 atom stereocenters. The zero-order chi connectivity index (χ0) is 14.5. The molecule has 1 heterocycles. The minimum atomic E-state index is -4.40. The van der Waals surface area contributed by atoms with Gasteiger partial charge in [0.25, 0.3) is 0 Å². The van der Waals surface area contributed by atoms with E-state index < -0.39 is 11.7 Å². The smallest absolute Gasteiger partial charge is 0.314 e. The van der Waals surface area contributed by atoms with Crippen molar-refractivity contribution >= 4 is 11.6 Å². The molecule has 0 aliphatic rings. The summed E-state index contributed by atoms with van der Waals surface area (Å²) in [5.74, 6) is 0. The summed E-state index contributed by atoms with van der Waals surface area (Å²) in [6.45, 7) is 4.95. The fourth-order valence-electron chi connectivity index (χ4n) is 1.71. The van der Waals surface area contributed by atoms with Crippen LogP contribution < -0.4 is 5.32 Å². The Bertz CT molecular complexity index is 407. The SMILES string of the molecule is CCCNC(CC)Cc1ncc(C(F)(F)F)cc1Cl. The normalized spacial score (nSPS) is 13.6. The molecular weight excluding hydrogens is 277 g/mol. The van der Waals surface area contributed by atoms with Gasteiger partial charge in [0.1, 0.15) is 0 Å². The van der Waals surface area contributed by atoms with Crippen molar-refractivity contribution in [2.24, 2.45) is 0 Å². The van der Waals surface area contributed by atoms with Gasteiger partial charge in [0.15, 0.2) is 0 Å². The van der Waals surface area contributed by atoms with E-state index in [9.17, 15) is 13.2 Å². The van der Waals surface area contributed by atoms with Crippen LogP contribution in [0.2, 0.25) is 5.02 Å². The first-order valence-corrected chi connectivity index (χ1v) is 6.71. The third-order valence-corrected chi connectivity index (χ3v) is 3.19. The van der Waals surface area contributed by atoms with Gasteiger partial charge < -0.3 is 5.32 Å². The van der Waals surface area contributed by atoms with Crippen LogP contribution in [0.3, 0.4) is 0 Å². The number of halogens is 4. The van der Waals surface area contributed by atoms with Gasteiger partial charge in [0, 0.05) is 18.7 Å². The Morgan fingerprint density at radius 2 is 2.05 bits per heavy atom. The Kier molecular flexibility index (Phi) is 6.07. The first kappa shape index (κ1) is 16.2. The van der Waals surface area contributed by atoms with Crippen molar-refractivity contribution in [3.05, 3.63) is 28.5 Å². The second-order valence-electron chi connectivity index (χ2n) is 4.41. The van der Waals surface area contributed by atoms with Gasteiger partial charge in [-0.15, -0.1) is 0 Å². The molecule has 2 nitrogen and oxygen atoms in total. The molecule has 0 aliphatic heterocycles. The maximum atomic E-state index is 12.5. The summed E-state index contributed by atoms with van der Waals surface area (Å²) >= 11 is 5.88. The van der Waals surface area contributed by atoms with Gasteiger partial charge in [-0.3, -0.25) is 4.98 Å². The molecule has 1 unspecified atom stereocenters. The highest BCUT2D eigenvalue weighted by Gasteiger charge is 2.31. The van der Waals surface area contributed by atoms with Crippen molar-refractivity contribution in [2.45, 2.75) is 45.3 Å². The highest BCUT2D eigenvalue weighted by atomic mass is 35.5. The predicted molar refractivity (Wildman–Crippen MR) is 70.3 cm³/mol. The van der Waals surface area contributed by atoms with E-state index in [0.29, 0.717) is 12.1 Å². The number of hydrogen-bond donors (Lipinski definition) is 1. The maximum Gasteiger partial charge on any atom is 0.417 e. The molecule has 0 aliphatic carbocycles. The van der Waals surface area contributed by atoms with E-state index >= 15 is 0 Å². The Labute approximate surface area is 116 Å². The number of nitrogens with zero attached hydrogens (tertiary/aromatic N) is 1. The van der Waals surface area contributed by atoms with E-state index in [-0.39, 0.29) is 11.1 Å². The quantitative estimate of drug-likeness (QED) is 0.855. The number of aromatic nitrogens is 1. The summed E-state index contributed by atoms with van der Waals surface area (Å²) in [6, 6.07) is 1.12. The zero-order valence-electron chi connectivity index (χ0n) is 11.0. The van der Waals surface area contributed by atoms with E-state index in [1.165, 1.54) is 0 Å². The molecule has 1 rings (SSSR count). The van der Waals surface area contributed by atoms with Crippen LogP contribution in [-0.4, -0.2) is 17.6 Å². The summed E-state index contributed by atoms with van der Waals surface area (Å²) in [5.41, 5.74) is -0.305. The molecule has 0 fully saturated rings. The molecule has 6 heteroatoms. The third kappa shape index (κ3) is 4.99. The van der Waals surface area contributed by atoms with Gasteiger partial charge in [0.2, 0.25) is 0 Å². The van der Waals surface area contributed by atoms with E-state index in [0.717, 1.165) is 31.6 Å². The Balaban J connectivity index is 2.79. The average molecular weight is 295 g/mol. The van der Waals surface area contributed by atoms with Crippen LogP contribution in [0.15, 0.2) is 12.3 Å². The molecule has 19 heavy (non-hydrogen) atoms. The Morgan fingerprint density at radius 3 is 2.53 bits per heavy atom. The summed E-state index contributed by atoms with van der Waals surface area (Å²) in [7, 11) is 0. The molecule has 0 amide bonds. The fourth-order valence-corrected chi connectivity index (χ4v) is 1.96. The lowest BCUT2D eigenvalue weighted by molar-refractivity contribution is -0.137. The lowest BCUT2D eigenvalue weighted by atomic mass is 10.1. The first-order valence-electron chi connectivity index (χ1n) is 6.33. The molecular formula is C13H18ClF3N2. The van der Waals surface area contributed by atoms with Gasteiger partial charge >= 0.3 is 6.18 Å². The second-order valence-corrected chi connectivity index (χ2v) is 4.82. The number of pyridine rings is 1. The first-order chi connectivity index (χ1) is 8.88. The molecule has 1 aromatic heterocycles. The van der Waals surface area contributed by atoms with Crippen LogP contribution in [0.4, 0.5) is 13.2 Å². The molecule has 0 radical (unpaired) electrons. The topological polar surface area (TPSA) is 24.9 Å². The standard InChI is InChI=1S/C13H18ClF3N2/c1-3-5-18-10(4-2)7-12-11(14)6-9(8-19-12)13(15,16)17/h6,8,10,18H,3-5,7H2,1-2H3. The van der Waals surface area contributed by atoms with Crippen molar-refractivity contribution in [1.82, 2.24) is 10.3 Å². The Hall–Kier alpha value is -0.810. The van der Waals surface area contributed by atoms with Crippen molar-refractivity contribution in [2.75, 3.05) is 6.54 Å². The fraction of sp³-hybridized carbons (Fsp3) is 0.615. The summed E-state index contributed by atoms with van der Waals surface area (Å²) in [4.78, 5) is 3.85. The lowest BCUT2D eigenvalue weighted by Gasteiger charge is -2.17. The van der Waals surface area contributed by atoms with Crippen molar-refractivity contribution < 1.29 is 13.2 Å². The van der Waals surface area contributed by atoms with Crippen LogP contribution in [0.1, 0.15) is 37.9 Å². The van der Waals surface area contributed by atoms with Gasteiger partial charge in [-0.2, -0.15) is 13.2 Å². The van der Waals surface area contributed by atoms with Crippen LogP contribution in [-0.2, 0) is 12.6 Å². The van der Waals surface area contributed by atoms with Crippen LogP contribution >= 0.6 is 11.6 Å². The van der Waals surface area contributed by atoms with E-state index in [4.69, 9.17) is 11.6 Å². The van der Waals surface area contributed by atoms with E-state index in [1.54, 1.807) is 0 Å². The van der Waals surface area contributed by atoms with E-state index in [2.05, 4.69) is 17.2 Å². The molecule has 0 spiro atoms. The molecule has 0 saturated heterocycles. The van der Waals surface area contributed by atoms with Crippen molar-refractivity contribution in [3.63, 3.8) is 0 Å². The van der Waals surface area contributed by atoms with Crippen molar-refractivity contribution in [1.29, 1.82) is 0 Å². The zero-order valence-corrected chi connectivity index (χ0v) is 11.8. The van der Waals surface area contributed by atoms with Gasteiger partial charge in [-0.25, -0.2) is 0 Å². The van der Waals surface area contributed by atoms with Gasteiger partial charge in [0.05, 0.1) is 16.3 Å².